The van der Waals surface area contributed by atoms with Gasteiger partial charge in [-0.3, -0.25) is 4.90 Å². The Labute approximate surface area is 124 Å². The predicted molar refractivity (Wildman–Crippen MR) is 83.3 cm³/mol. The van der Waals surface area contributed by atoms with E-state index in [1.165, 1.54) is 4.88 Å². The van der Waals surface area contributed by atoms with E-state index in [0.717, 1.165) is 30.8 Å². The van der Waals surface area contributed by atoms with Gasteiger partial charge in [0.25, 0.3) is 0 Å². The van der Waals surface area contributed by atoms with E-state index in [4.69, 9.17) is 0 Å². The Morgan fingerprint density at radius 2 is 2.10 bits per heavy atom. The lowest BCUT2D eigenvalue weighted by Gasteiger charge is -2.20. The lowest BCUT2D eigenvalue weighted by Crippen LogP contribution is -2.22. The zero-order valence-electron chi connectivity index (χ0n) is 12.0. The summed E-state index contributed by atoms with van der Waals surface area (Å²) in [5.74, 6) is -0.116. The molecule has 0 fully saturated rings. The molecule has 0 radical (unpaired) electrons. The summed E-state index contributed by atoms with van der Waals surface area (Å²) in [6.07, 6.45) is 0. The number of hydrogen-bond donors (Lipinski definition) is 1. The molecule has 0 aliphatic heterocycles. The van der Waals surface area contributed by atoms with E-state index in [1.54, 1.807) is 17.4 Å². The second kappa shape index (κ2) is 7.53. The molecule has 0 unspecified atom stereocenters. The zero-order valence-corrected chi connectivity index (χ0v) is 12.8. The molecule has 1 aromatic carbocycles. The van der Waals surface area contributed by atoms with Gasteiger partial charge in [0.2, 0.25) is 0 Å². The van der Waals surface area contributed by atoms with Gasteiger partial charge >= 0.3 is 0 Å². The van der Waals surface area contributed by atoms with Crippen molar-refractivity contribution in [3.8, 4) is 0 Å². The third kappa shape index (κ3) is 4.13. The summed E-state index contributed by atoms with van der Waals surface area (Å²) in [5, 5.41) is 5.18. The van der Waals surface area contributed by atoms with Crippen LogP contribution in [-0.2, 0) is 19.6 Å². The summed E-state index contributed by atoms with van der Waals surface area (Å²) in [5.41, 5.74) is 1.90. The van der Waals surface area contributed by atoms with Crippen molar-refractivity contribution in [2.24, 2.45) is 0 Å². The quantitative estimate of drug-likeness (QED) is 0.838. The number of benzene rings is 1. The summed E-state index contributed by atoms with van der Waals surface area (Å²) in [6.45, 7) is 5.32. The molecular weight excluding hydrogens is 271 g/mol. The SMILES string of the molecule is CCN(Cc1cccs1)Cc1cc(CNC)ccc1F. The molecule has 0 aliphatic rings. The van der Waals surface area contributed by atoms with Gasteiger partial charge in [0, 0.05) is 30.1 Å². The maximum atomic E-state index is 13.9. The molecule has 0 spiro atoms. The molecule has 20 heavy (non-hydrogen) atoms. The van der Waals surface area contributed by atoms with Crippen molar-refractivity contribution < 1.29 is 4.39 Å². The average molecular weight is 292 g/mol. The molecule has 0 aliphatic carbocycles. The number of nitrogens with one attached hydrogen (secondary N) is 1. The number of nitrogens with zero attached hydrogens (tertiary/aromatic N) is 1. The van der Waals surface area contributed by atoms with Crippen LogP contribution in [0.5, 0.6) is 0 Å². The Morgan fingerprint density at radius 1 is 1.25 bits per heavy atom. The van der Waals surface area contributed by atoms with Crippen LogP contribution in [0.2, 0.25) is 0 Å². The standard InChI is InChI=1S/C16H21FN2S/c1-3-19(12-15-5-4-8-20-15)11-14-9-13(10-18-2)6-7-16(14)17/h4-9,18H,3,10-12H2,1-2H3. The van der Waals surface area contributed by atoms with Crippen LogP contribution in [0.25, 0.3) is 0 Å². The minimum Gasteiger partial charge on any atom is -0.316 e. The molecule has 1 N–H and O–H groups in total. The van der Waals surface area contributed by atoms with Gasteiger partial charge < -0.3 is 5.32 Å². The van der Waals surface area contributed by atoms with E-state index in [1.807, 2.05) is 19.2 Å². The van der Waals surface area contributed by atoms with Crippen LogP contribution in [0, 0.1) is 5.82 Å². The second-order valence-electron chi connectivity index (χ2n) is 4.84. The summed E-state index contributed by atoms with van der Waals surface area (Å²) in [6, 6.07) is 9.55. The number of rotatable bonds is 7. The highest BCUT2D eigenvalue weighted by molar-refractivity contribution is 7.09. The van der Waals surface area contributed by atoms with Gasteiger partial charge in [0.15, 0.2) is 0 Å². The second-order valence-corrected chi connectivity index (χ2v) is 5.87. The van der Waals surface area contributed by atoms with Crippen LogP contribution in [-0.4, -0.2) is 18.5 Å². The monoisotopic (exact) mass is 292 g/mol. The van der Waals surface area contributed by atoms with E-state index in [-0.39, 0.29) is 5.82 Å². The van der Waals surface area contributed by atoms with Crippen molar-refractivity contribution in [1.29, 1.82) is 0 Å². The van der Waals surface area contributed by atoms with Gasteiger partial charge in [-0.05, 0) is 36.7 Å². The van der Waals surface area contributed by atoms with Crippen molar-refractivity contribution in [2.75, 3.05) is 13.6 Å². The molecule has 0 atom stereocenters. The van der Waals surface area contributed by atoms with Gasteiger partial charge in [0.1, 0.15) is 5.82 Å². The van der Waals surface area contributed by atoms with E-state index in [9.17, 15) is 4.39 Å². The minimum atomic E-state index is -0.116. The summed E-state index contributed by atoms with van der Waals surface area (Å²) < 4.78 is 13.9. The Bertz CT molecular complexity index is 525. The third-order valence-electron chi connectivity index (χ3n) is 3.29. The van der Waals surface area contributed by atoms with Crippen LogP contribution in [0.4, 0.5) is 4.39 Å². The highest BCUT2D eigenvalue weighted by Gasteiger charge is 2.10. The lowest BCUT2D eigenvalue weighted by atomic mass is 10.1. The van der Waals surface area contributed by atoms with E-state index < -0.39 is 0 Å². The summed E-state index contributed by atoms with van der Waals surface area (Å²) in [4.78, 5) is 3.58. The smallest absolute Gasteiger partial charge is 0.127 e. The first-order chi connectivity index (χ1) is 9.72. The normalized spacial score (nSPS) is 11.2. The minimum absolute atomic E-state index is 0.116. The number of hydrogen-bond acceptors (Lipinski definition) is 3. The number of halogens is 1. The largest absolute Gasteiger partial charge is 0.316 e. The van der Waals surface area contributed by atoms with Crippen molar-refractivity contribution in [3.05, 3.63) is 57.5 Å². The van der Waals surface area contributed by atoms with Gasteiger partial charge in [-0.15, -0.1) is 11.3 Å². The van der Waals surface area contributed by atoms with Crippen molar-refractivity contribution in [3.63, 3.8) is 0 Å². The maximum Gasteiger partial charge on any atom is 0.127 e. The van der Waals surface area contributed by atoms with Crippen molar-refractivity contribution >= 4 is 11.3 Å². The van der Waals surface area contributed by atoms with Gasteiger partial charge in [0.05, 0.1) is 0 Å². The highest BCUT2D eigenvalue weighted by atomic mass is 32.1. The summed E-state index contributed by atoms with van der Waals surface area (Å²) >= 11 is 1.75. The molecule has 108 valence electrons. The fourth-order valence-corrected chi connectivity index (χ4v) is 2.95. The predicted octanol–water partition coefficient (Wildman–Crippen LogP) is 3.63. The Morgan fingerprint density at radius 3 is 2.75 bits per heavy atom. The zero-order chi connectivity index (χ0) is 14.4. The first kappa shape index (κ1) is 15.2. The van der Waals surface area contributed by atoms with Gasteiger partial charge in [-0.2, -0.15) is 0 Å². The van der Waals surface area contributed by atoms with Gasteiger partial charge in [-0.1, -0.05) is 25.1 Å². The van der Waals surface area contributed by atoms with Crippen LogP contribution >= 0.6 is 11.3 Å². The van der Waals surface area contributed by atoms with Crippen LogP contribution in [0.3, 0.4) is 0 Å². The summed E-state index contributed by atoms with van der Waals surface area (Å²) in [7, 11) is 1.90. The topological polar surface area (TPSA) is 15.3 Å². The van der Waals surface area contributed by atoms with Gasteiger partial charge in [-0.25, -0.2) is 4.39 Å². The maximum absolute atomic E-state index is 13.9. The fourth-order valence-electron chi connectivity index (χ4n) is 2.21. The van der Waals surface area contributed by atoms with Crippen molar-refractivity contribution in [1.82, 2.24) is 10.2 Å². The highest BCUT2D eigenvalue weighted by Crippen LogP contribution is 2.17. The fraction of sp³-hybridized carbons (Fsp3) is 0.375. The molecule has 2 nitrogen and oxygen atoms in total. The number of thiophene rings is 1. The average Bonchev–Trinajstić information content (AvgIpc) is 2.95. The Balaban J connectivity index is 2.08. The third-order valence-corrected chi connectivity index (χ3v) is 4.15. The molecule has 0 bridgehead atoms. The Hall–Kier alpha value is -1.23. The first-order valence-electron chi connectivity index (χ1n) is 6.89. The van der Waals surface area contributed by atoms with E-state index in [2.05, 4.69) is 34.7 Å². The lowest BCUT2D eigenvalue weighted by molar-refractivity contribution is 0.269. The molecule has 0 amide bonds. The molecule has 2 rings (SSSR count). The molecule has 1 heterocycles. The first-order valence-corrected chi connectivity index (χ1v) is 7.77. The molecule has 0 saturated carbocycles. The van der Waals surface area contributed by atoms with E-state index >= 15 is 0 Å². The molecule has 4 heteroatoms. The molecular formula is C16H21FN2S. The van der Waals surface area contributed by atoms with Crippen LogP contribution < -0.4 is 5.32 Å². The van der Waals surface area contributed by atoms with Crippen LogP contribution in [0.1, 0.15) is 22.9 Å². The Kier molecular flexibility index (Phi) is 5.71. The molecule has 0 saturated heterocycles. The molecule has 2 aromatic rings. The van der Waals surface area contributed by atoms with E-state index in [0.29, 0.717) is 6.54 Å². The van der Waals surface area contributed by atoms with Crippen LogP contribution in [0.15, 0.2) is 35.7 Å². The van der Waals surface area contributed by atoms with Crippen molar-refractivity contribution in [2.45, 2.75) is 26.6 Å². The molecule has 1 aromatic heterocycles.